The Bertz CT molecular complexity index is 418. The number of benzene rings is 1. The molecule has 110 valence electrons. The van der Waals surface area contributed by atoms with Gasteiger partial charge < -0.3 is 11.1 Å². The van der Waals surface area contributed by atoms with E-state index in [-0.39, 0.29) is 5.91 Å². The van der Waals surface area contributed by atoms with Crippen LogP contribution in [0.5, 0.6) is 0 Å². The molecule has 0 bridgehead atoms. The van der Waals surface area contributed by atoms with Gasteiger partial charge in [-0.25, -0.2) is 0 Å². The summed E-state index contributed by atoms with van der Waals surface area (Å²) < 4.78 is 0. The van der Waals surface area contributed by atoms with Crippen molar-refractivity contribution in [1.82, 2.24) is 5.32 Å². The van der Waals surface area contributed by atoms with Crippen LogP contribution in [0.3, 0.4) is 0 Å². The Morgan fingerprint density at radius 2 is 2.10 bits per heavy atom. The smallest absolute Gasteiger partial charge is 0.237 e. The highest BCUT2D eigenvalue weighted by atomic mass is 16.2. The van der Waals surface area contributed by atoms with E-state index in [1.54, 1.807) is 0 Å². The Kier molecular flexibility index (Phi) is 5.60. The van der Waals surface area contributed by atoms with Crippen LogP contribution in [0.15, 0.2) is 30.3 Å². The topological polar surface area (TPSA) is 55.1 Å². The molecule has 0 spiro atoms. The van der Waals surface area contributed by atoms with E-state index in [9.17, 15) is 4.79 Å². The van der Waals surface area contributed by atoms with Crippen LogP contribution < -0.4 is 11.1 Å². The lowest BCUT2D eigenvalue weighted by molar-refractivity contribution is -0.123. The van der Waals surface area contributed by atoms with Crippen LogP contribution in [0.2, 0.25) is 0 Å². The van der Waals surface area contributed by atoms with Crippen LogP contribution >= 0.6 is 0 Å². The molecule has 0 radical (unpaired) electrons. The highest BCUT2D eigenvalue weighted by Gasteiger charge is 2.22. The quantitative estimate of drug-likeness (QED) is 0.867. The summed E-state index contributed by atoms with van der Waals surface area (Å²) in [6, 6.07) is 10.1. The van der Waals surface area contributed by atoms with Gasteiger partial charge in [-0.1, -0.05) is 50.1 Å². The monoisotopic (exact) mass is 274 g/mol. The standard InChI is InChI=1S/C17H26N2O/c1-13-6-5-9-15(12-13)19-17(20)16(18)11-10-14-7-3-2-4-8-14/h2-4,7-8,13,15-16H,5-6,9-12,18H2,1H3,(H,19,20)/t13?,15?,16-/m0/s1. The maximum atomic E-state index is 12.1. The van der Waals surface area contributed by atoms with E-state index in [1.165, 1.54) is 18.4 Å². The molecule has 1 saturated carbocycles. The van der Waals surface area contributed by atoms with Crippen LogP contribution in [0, 0.1) is 5.92 Å². The molecule has 1 amide bonds. The van der Waals surface area contributed by atoms with Gasteiger partial charge in [-0.05, 0) is 37.2 Å². The lowest BCUT2D eigenvalue weighted by atomic mass is 9.87. The summed E-state index contributed by atoms with van der Waals surface area (Å²) in [5.41, 5.74) is 7.24. The highest BCUT2D eigenvalue weighted by Crippen LogP contribution is 2.23. The number of aryl methyl sites for hydroxylation is 1. The third-order valence-electron chi connectivity index (χ3n) is 4.21. The minimum absolute atomic E-state index is 0.0139. The Hall–Kier alpha value is -1.35. The molecule has 1 aliphatic carbocycles. The van der Waals surface area contributed by atoms with Crippen molar-refractivity contribution in [1.29, 1.82) is 0 Å². The predicted molar refractivity (Wildman–Crippen MR) is 82.3 cm³/mol. The first-order valence-electron chi connectivity index (χ1n) is 7.75. The van der Waals surface area contributed by atoms with Crippen molar-refractivity contribution in [3.8, 4) is 0 Å². The Morgan fingerprint density at radius 1 is 1.35 bits per heavy atom. The number of nitrogens with two attached hydrogens (primary N) is 1. The summed E-state index contributed by atoms with van der Waals surface area (Å²) in [7, 11) is 0. The summed E-state index contributed by atoms with van der Waals surface area (Å²) >= 11 is 0. The summed E-state index contributed by atoms with van der Waals surface area (Å²) in [6.07, 6.45) is 6.26. The first kappa shape index (κ1) is 15.0. The van der Waals surface area contributed by atoms with Crippen molar-refractivity contribution in [2.75, 3.05) is 0 Å². The van der Waals surface area contributed by atoms with Crippen molar-refractivity contribution in [3.63, 3.8) is 0 Å². The summed E-state index contributed by atoms with van der Waals surface area (Å²) in [5, 5.41) is 3.12. The molecule has 0 saturated heterocycles. The Labute approximate surface area is 121 Å². The molecule has 3 atom stereocenters. The van der Waals surface area contributed by atoms with Crippen LogP contribution in [-0.2, 0) is 11.2 Å². The van der Waals surface area contributed by atoms with E-state index in [0.717, 1.165) is 25.2 Å². The van der Waals surface area contributed by atoms with Gasteiger partial charge in [-0.2, -0.15) is 0 Å². The minimum Gasteiger partial charge on any atom is -0.352 e. The van der Waals surface area contributed by atoms with Gasteiger partial charge in [0.2, 0.25) is 5.91 Å². The zero-order valence-electron chi connectivity index (χ0n) is 12.3. The minimum atomic E-state index is -0.396. The zero-order valence-corrected chi connectivity index (χ0v) is 12.3. The second-order valence-corrected chi connectivity index (χ2v) is 6.11. The second-order valence-electron chi connectivity index (χ2n) is 6.11. The first-order valence-corrected chi connectivity index (χ1v) is 7.75. The van der Waals surface area contributed by atoms with E-state index < -0.39 is 6.04 Å². The lowest BCUT2D eigenvalue weighted by Gasteiger charge is -2.28. The summed E-state index contributed by atoms with van der Waals surface area (Å²) in [5.74, 6) is 0.731. The van der Waals surface area contributed by atoms with Crippen molar-refractivity contribution in [3.05, 3.63) is 35.9 Å². The van der Waals surface area contributed by atoms with E-state index in [4.69, 9.17) is 5.73 Å². The van der Waals surface area contributed by atoms with Gasteiger partial charge in [-0.15, -0.1) is 0 Å². The third kappa shape index (κ3) is 4.64. The molecule has 0 heterocycles. The van der Waals surface area contributed by atoms with Crippen LogP contribution in [0.4, 0.5) is 0 Å². The SMILES string of the molecule is CC1CCCC(NC(=O)[C@@H](N)CCc2ccccc2)C1. The molecule has 20 heavy (non-hydrogen) atoms. The molecular formula is C17H26N2O. The molecule has 2 rings (SSSR count). The second kappa shape index (κ2) is 7.44. The fourth-order valence-electron chi connectivity index (χ4n) is 2.97. The van der Waals surface area contributed by atoms with E-state index in [1.807, 2.05) is 18.2 Å². The van der Waals surface area contributed by atoms with E-state index >= 15 is 0 Å². The molecule has 0 aliphatic heterocycles. The van der Waals surface area contributed by atoms with Gasteiger partial charge in [0.1, 0.15) is 0 Å². The average Bonchev–Trinajstić information content (AvgIpc) is 2.46. The van der Waals surface area contributed by atoms with Crippen molar-refractivity contribution in [2.45, 2.75) is 57.5 Å². The van der Waals surface area contributed by atoms with Crippen LogP contribution in [0.25, 0.3) is 0 Å². The van der Waals surface area contributed by atoms with E-state index in [0.29, 0.717) is 12.5 Å². The lowest BCUT2D eigenvalue weighted by Crippen LogP contribution is -2.46. The first-order chi connectivity index (χ1) is 9.65. The molecule has 2 unspecified atom stereocenters. The van der Waals surface area contributed by atoms with Crippen molar-refractivity contribution >= 4 is 5.91 Å². The van der Waals surface area contributed by atoms with Gasteiger partial charge in [0.05, 0.1) is 6.04 Å². The summed E-state index contributed by atoms with van der Waals surface area (Å²) in [4.78, 5) is 12.1. The average molecular weight is 274 g/mol. The number of hydrogen-bond donors (Lipinski definition) is 2. The molecule has 3 nitrogen and oxygen atoms in total. The molecule has 1 aromatic rings. The van der Waals surface area contributed by atoms with Crippen LogP contribution in [-0.4, -0.2) is 18.0 Å². The molecule has 1 fully saturated rings. The van der Waals surface area contributed by atoms with Gasteiger partial charge in [-0.3, -0.25) is 4.79 Å². The highest BCUT2D eigenvalue weighted by molar-refractivity contribution is 5.81. The number of amides is 1. The fraction of sp³-hybridized carbons (Fsp3) is 0.588. The maximum Gasteiger partial charge on any atom is 0.237 e. The Balaban J connectivity index is 1.74. The molecule has 1 aromatic carbocycles. The number of hydrogen-bond acceptors (Lipinski definition) is 2. The maximum absolute atomic E-state index is 12.1. The fourth-order valence-corrected chi connectivity index (χ4v) is 2.97. The Morgan fingerprint density at radius 3 is 2.80 bits per heavy atom. The van der Waals surface area contributed by atoms with Crippen molar-refractivity contribution < 1.29 is 4.79 Å². The molecular weight excluding hydrogens is 248 g/mol. The largest absolute Gasteiger partial charge is 0.352 e. The van der Waals surface area contributed by atoms with E-state index in [2.05, 4.69) is 24.4 Å². The van der Waals surface area contributed by atoms with Gasteiger partial charge in [0.15, 0.2) is 0 Å². The molecule has 0 aromatic heterocycles. The van der Waals surface area contributed by atoms with Gasteiger partial charge in [0.25, 0.3) is 0 Å². The normalized spacial score (nSPS) is 24.1. The zero-order chi connectivity index (χ0) is 14.4. The van der Waals surface area contributed by atoms with Crippen molar-refractivity contribution in [2.24, 2.45) is 11.7 Å². The predicted octanol–water partition coefficient (Wildman–Crippen LogP) is 2.64. The number of carbonyl (C=O) groups is 1. The third-order valence-corrected chi connectivity index (χ3v) is 4.21. The molecule has 1 aliphatic rings. The summed E-state index contributed by atoms with van der Waals surface area (Å²) in [6.45, 7) is 2.26. The number of rotatable bonds is 5. The number of carbonyl (C=O) groups excluding carboxylic acids is 1. The van der Waals surface area contributed by atoms with Gasteiger partial charge >= 0.3 is 0 Å². The van der Waals surface area contributed by atoms with Crippen LogP contribution in [0.1, 0.15) is 44.6 Å². The van der Waals surface area contributed by atoms with Gasteiger partial charge in [0, 0.05) is 6.04 Å². The molecule has 3 heteroatoms. The number of nitrogens with one attached hydrogen (secondary N) is 1. The molecule has 3 N–H and O–H groups in total.